The monoisotopic (exact) mass is 562 g/mol. The van der Waals surface area contributed by atoms with Crippen LogP contribution in [-0.2, 0) is 34.6 Å². The van der Waals surface area contributed by atoms with Crippen molar-refractivity contribution in [1.29, 1.82) is 0 Å². The standard InChI is InChI=1S/C22H17Cl2N3O2S2.C3H7NO/c23-17-5-2-6-18(24)16(17)11-30-22-27-26-21(31-22)25-20(28)9-14-10-29-19-8-13-4-1-3-12(13)7-15(14)19;1-4(2)3-5/h2,5-8,10H,1,3-4,9,11H2,(H,25,26,28);3H,1-2H3. The number of hydrogen-bond acceptors (Lipinski definition) is 7. The van der Waals surface area contributed by atoms with Crippen molar-refractivity contribution in [3.63, 3.8) is 0 Å². The number of benzene rings is 2. The number of furan rings is 1. The third-order valence-electron chi connectivity index (χ3n) is 5.48. The summed E-state index contributed by atoms with van der Waals surface area (Å²) >= 11 is 15.2. The lowest BCUT2D eigenvalue weighted by Gasteiger charge is -2.04. The Morgan fingerprint density at radius 1 is 1.19 bits per heavy atom. The number of amides is 2. The highest BCUT2D eigenvalue weighted by atomic mass is 35.5. The summed E-state index contributed by atoms with van der Waals surface area (Å²) in [6, 6.07) is 9.71. The number of nitrogens with zero attached hydrogens (tertiary/aromatic N) is 3. The normalized spacial score (nSPS) is 12.1. The second kappa shape index (κ2) is 12.1. The molecule has 0 saturated heterocycles. The first-order chi connectivity index (χ1) is 17.3. The van der Waals surface area contributed by atoms with Crippen LogP contribution in [0.2, 0.25) is 10.0 Å². The first kappa shape index (κ1) is 26.5. The summed E-state index contributed by atoms with van der Waals surface area (Å²) in [7, 11) is 3.38. The highest BCUT2D eigenvalue weighted by Crippen LogP contribution is 2.34. The van der Waals surface area contributed by atoms with Gasteiger partial charge in [-0.15, -0.1) is 10.2 Å². The highest BCUT2D eigenvalue weighted by Gasteiger charge is 2.18. The molecule has 1 N–H and O–H groups in total. The van der Waals surface area contributed by atoms with Gasteiger partial charge in [0.15, 0.2) is 4.34 Å². The van der Waals surface area contributed by atoms with Gasteiger partial charge >= 0.3 is 0 Å². The molecule has 2 amide bonds. The van der Waals surface area contributed by atoms with Crippen LogP contribution >= 0.6 is 46.3 Å². The zero-order valence-corrected chi connectivity index (χ0v) is 22.9. The fourth-order valence-corrected chi connectivity index (χ4v) is 6.25. The molecule has 4 aromatic rings. The molecule has 0 saturated carbocycles. The first-order valence-corrected chi connectivity index (χ1v) is 13.7. The zero-order chi connectivity index (χ0) is 25.7. The number of hydrogen-bond donors (Lipinski definition) is 1. The molecule has 0 aliphatic heterocycles. The van der Waals surface area contributed by atoms with Crippen molar-refractivity contribution in [3.05, 3.63) is 68.9 Å². The molecule has 0 fully saturated rings. The average molecular weight is 564 g/mol. The smallest absolute Gasteiger partial charge is 0.230 e. The number of nitrogens with one attached hydrogen (secondary N) is 1. The summed E-state index contributed by atoms with van der Waals surface area (Å²) in [5.41, 5.74) is 5.30. The lowest BCUT2D eigenvalue weighted by atomic mass is 10.0. The van der Waals surface area contributed by atoms with Crippen molar-refractivity contribution in [2.45, 2.75) is 35.8 Å². The van der Waals surface area contributed by atoms with Crippen molar-refractivity contribution in [2.75, 3.05) is 19.4 Å². The molecule has 2 heterocycles. The molecular weight excluding hydrogens is 539 g/mol. The Balaban J connectivity index is 0.000000556. The van der Waals surface area contributed by atoms with Gasteiger partial charge in [0.25, 0.3) is 0 Å². The van der Waals surface area contributed by atoms with Crippen molar-refractivity contribution >= 4 is 74.7 Å². The summed E-state index contributed by atoms with van der Waals surface area (Å²) in [6.45, 7) is 0. The number of anilines is 1. The second-order valence-corrected chi connectivity index (χ2v) is 11.4. The van der Waals surface area contributed by atoms with E-state index in [4.69, 9.17) is 27.6 Å². The minimum absolute atomic E-state index is 0.148. The maximum Gasteiger partial charge on any atom is 0.230 e. The predicted molar refractivity (Wildman–Crippen MR) is 146 cm³/mol. The van der Waals surface area contributed by atoms with E-state index in [0.717, 1.165) is 45.7 Å². The molecule has 11 heteroatoms. The van der Waals surface area contributed by atoms with E-state index in [9.17, 15) is 9.59 Å². The van der Waals surface area contributed by atoms with Crippen molar-refractivity contribution < 1.29 is 14.0 Å². The third kappa shape index (κ3) is 6.59. The Bertz CT molecular complexity index is 1370. The fraction of sp³-hybridized carbons (Fsp3) is 0.280. The predicted octanol–water partition coefficient (Wildman–Crippen LogP) is 6.26. The molecule has 0 unspecified atom stereocenters. The molecule has 2 aromatic heterocycles. The van der Waals surface area contributed by atoms with Crippen molar-refractivity contribution in [1.82, 2.24) is 15.1 Å². The number of aromatic nitrogens is 2. The Morgan fingerprint density at radius 3 is 2.58 bits per heavy atom. The number of aryl methyl sites for hydroxylation is 2. The van der Waals surface area contributed by atoms with Gasteiger partial charge in [-0.2, -0.15) is 0 Å². The maximum absolute atomic E-state index is 12.6. The molecule has 0 bridgehead atoms. The molecule has 5 rings (SSSR count). The van der Waals surface area contributed by atoms with Gasteiger partial charge in [-0.05, 0) is 60.2 Å². The van der Waals surface area contributed by atoms with Crippen LogP contribution in [0.1, 0.15) is 28.7 Å². The van der Waals surface area contributed by atoms with E-state index in [1.54, 1.807) is 20.4 Å². The van der Waals surface area contributed by atoms with Crippen LogP contribution in [0.5, 0.6) is 0 Å². The molecule has 188 valence electrons. The topological polar surface area (TPSA) is 88.3 Å². The Labute approximate surface area is 227 Å². The number of rotatable bonds is 7. The fourth-order valence-electron chi connectivity index (χ4n) is 3.74. The molecule has 1 aliphatic rings. The van der Waals surface area contributed by atoms with E-state index in [-0.39, 0.29) is 12.3 Å². The largest absolute Gasteiger partial charge is 0.464 e. The summed E-state index contributed by atoms with van der Waals surface area (Å²) in [5.74, 6) is 0.428. The van der Waals surface area contributed by atoms with Crippen LogP contribution in [0, 0.1) is 0 Å². The van der Waals surface area contributed by atoms with Crippen LogP contribution in [0.3, 0.4) is 0 Å². The molecule has 1 aliphatic carbocycles. The number of halogens is 2. The third-order valence-corrected chi connectivity index (χ3v) is 8.19. The number of thioether (sulfide) groups is 1. The molecule has 7 nitrogen and oxygen atoms in total. The summed E-state index contributed by atoms with van der Waals surface area (Å²) < 4.78 is 6.42. The lowest BCUT2D eigenvalue weighted by molar-refractivity contribution is -0.116. The Morgan fingerprint density at radius 2 is 1.89 bits per heavy atom. The lowest BCUT2D eigenvalue weighted by Crippen LogP contribution is -2.14. The molecule has 2 aromatic carbocycles. The van der Waals surface area contributed by atoms with E-state index >= 15 is 0 Å². The van der Waals surface area contributed by atoms with Gasteiger partial charge in [0.1, 0.15) is 5.58 Å². The molecule has 0 spiro atoms. The van der Waals surface area contributed by atoms with Crippen LogP contribution in [0.25, 0.3) is 11.0 Å². The van der Waals surface area contributed by atoms with Crippen LogP contribution in [0.15, 0.2) is 45.4 Å². The minimum Gasteiger partial charge on any atom is -0.464 e. The molecule has 0 atom stereocenters. The maximum atomic E-state index is 12.6. The summed E-state index contributed by atoms with van der Waals surface area (Å²) in [4.78, 5) is 23.5. The highest BCUT2D eigenvalue weighted by molar-refractivity contribution is 8.00. The SMILES string of the molecule is CN(C)C=O.O=C(Cc1coc2cc3c(cc12)CCC3)Nc1nnc(SCc2c(Cl)cccc2Cl)s1. The van der Waals surface area contributed by atoms with Gasteiger partial charge in [0.05, 0.1) is 12.7 Å². The van der Waals surface area contributed by atoms with E-state index in [0.29, 0.717) is 20.9 Å². The quantitative estimate of drug-likeness (QED) is 0.162. The first-order valence-electron chi connectivity index (χ1n) is 11.2. The van der Waals surface area contributed by atoms with E-state index in [1.165, 1.54) is 45.5 Å². The van der Waals surface area contributed by atoms with Crippen molar-refractivity contribution in [2.24, 2.45) is 0 Å². The molecular formula is C25H24Cl2N4O3S2. The van der Waals surface area contributed by atoms with Crippen LogP contribution in [0.4, 0.5) is 5.13 Å². The average Bonchev–Trinajstić information content (AvgIpc) is 3.58. The summed E-state index contributed by atoms with van der Waals surface area (Å²) in [6.07, 6.45) is 6.02. The molecule has 36 heavy (non-hydrogen) atoms. The van der Waals surface area contributed by atoms with Gasteiger partial charge in [-0.1, -0.05) is 52.4 Å². The van der Waals surface area contributed by atoms with E-state index in [1.807, 2.05) is 18.2 Å². The van der Waals surface area contributed by atoms with Gasteiger partial charge in [0.2, 0.25) is 17.4 Å². The minimum atomic E-state index is -0.148. The Kier molecular flexibility index (Phi) is 8.90. The molecule has 0 radical (unpaired) electrons. The van der Waals surface area contributed by atoms with E-state index < -0.39 is 0 Å². The number of carbonyl (C=O) groups excluding carboxylic acids is 2. The summed E-state index contributed by atoms with van der Waals surface area (Å²) in [5, 5.41) is 13.8. The van der Waals surface area contributed by atoms with Gasteiger partial charge < -0.3 is 14.6 Å². The van der Waals surface area contributed by atoms with Gasteiger partial charge in [-0.3, -0.25) is 9.59 Å². The van der Waals surface area contributed by atoms with E-state index in [2.05, 4.69) is 27.6 Å². The number of carbonyl (C=O) groups is 2. The second-order valence-electron chi connectivity index (χ2n) is 8.39. The number of fused-ring (bicyclic) bond motifs is 2. The van der Waals surface area contributed by atoms with Crippen molar-refractivity contribution in [3.8, 4) is 0 Å². The Hall–Kier alpha value is -2.59. The van der Waals surface area contributed by atoms with Crippen LogP contribution in [-0.4, -0.2) is 41.5 Å². The van der Waals surface area contributed by atoms with Gasteiger partial charge in [-0.25, -0.2) is 0 Å². The zero-order valence-electron chi connectivity index (χ0n) is 19.7. The van der Waals surface area contributed by atoms with Crippen LogP contribution < -0.4 is 5.32 Å². The van der Waals surface area contributed by atoms with Gasteiger partial charge in [0, 0.05) is 40.8 Å².